The van der Waals surface area contributed by atoms with Gasteiger partial charge in [0.15, 0.2) is 6.61 Å². The minimum atomic E-state index is -0.498. The Bertz CT molecular complexity index is 521. The second kappa shape index (κ2) is 7.03. The van der Waals surface area contributed by atoms with Gasteiger partial charge in [0.25, 0.3) is 11.6 Å². The summed E-state index contributed by atoms with van der Waals surface area (Å²) in [7, 11) is 0. The summed E-state index contributed by atoms with van der Waals surface area (Å²) in [6.07, 6.45) is 1.02. The molecule has 1 aromatic carbocycles. The normalized spacial score (nSPS) is 21.6. The van der Waals surface area contributed by atoms with E-state index in [1.807, 2.05) is 0 Å². The van der Waals surface area contributed by atoms with Gasteiger partial charge in [-0.2, -0.15) is 0 Å². The Morgan fingerprint density at radius 2 is 2.38 bits per heavy atom. The summed E-state index contributed by atoms with van der Waals surface area (Å²) in [5.74, 6) is 0.518. The first-order chi connectivity index (χ1) is 10.1. The third kappa shape index (κ3) is 4.42. The Balaban J connectivity index is 1.83. The number of amides is 1. The van der Waals surface area contributed by atoms with Gasteiger partial charge < -0.3 is 15.4 Å². The molecule has 1 aromatic rings. The second-order valence-corrected chi connectivity index (χ2v) is 5.19. The standard InChI is InChI=1S/C14H19N3O4/c1-10-5-6-15-8-13(10)16-14(18)9-21-12-4-2-3-11(7-12)17(19)20/h2-4,7,10,13,15H,5-6,8-9H2,1H3,(H,16,18). The van der Waals surface area contributed by atoms with Crippen molar-refractivity contribution < 1.29 is 14.5 Å². The van der Waals surface area contributed by atoms with E-state index in [2.05, 4.69) is 17.6 Å². The van der Waals surface area contributed by atoms with Crippen molar-refractivity contribution in [3.8, 4) is 5.75 Å². The number of nitro benzene ring substituents is 1. The van der Waals surface area contributed by atoms with Crippen molar-refractivity contribution in [1.82, 2.24) is 10.6 Å². The number of piperidine rings is 1. The van der Waals surface area contributed by atoms with Gasteiger partial charge in [0.05, 0.1) is 11.0 Å². The molecule has 7 heteroatoms. The molecule has 2 N–H and O–H groups in total. The van der Waals surface area contributed by atoms with Crippen molar-refractivity contribution in [2.45, 2.75) is 19.4 Å². The van der Waals surface area contributed by atoms with E-state index in [1.54, 1.807) is 6.07 Å². The topological polar surface area (TPSA) is 93.5 Å². The van der Waals surface area contributed by atoms with Gasteiger partial charge >= 0.3 is 0 Å². The van der Waals surface area contributed by atoms with Gasteiger partial charge in [0.2, 0.25) is 0 Å². The zero-order chi connectivity index (χ0) is 15.2. The van der Waals surface area contributed by atoms with E-state index in [1.165, 1.54) is 18.2 Å². The maximum atomic E-state index is 11.9. The van der Waals surface area contributed by atoms with Crippen LogP contribution in [0.3, 0.4) is 0 Å². The van der Waals surface area contributed by atoms with E-state index in [-0.39, 0.29) is 24.2 Å². The number of nitro groups is 1. The van der Waals surface area contributed by atoms with E-state index in [4.69, 9.17) is 4.74 Å². The average Bonchev–Trinajstić information content (AvgIpc) is 2.48. The first kappa shape index (κ1) is 15.2. The molecule has 114 valence electrons. The average molecular weight is 293 g/mol. The first-order valence-corrected chi connectivity index (χ1v) is 6.93. The lowest BCUT2D eigenvalue weighted by molar-refractivity contribution is -0.384. The Kier molecular flexibility index (Phi) is 5.10. The fourth-order valence-electron chi connectivity index (χ4n) is 2.27. The molecule has 0 radical (unpaired) electrons. The summed E-state index contributed by atoms with van der Waals surface area (Å²) < 4.78 is 5.30. The smallest absolute Gasteiger partial charge is 0.273 e. The number of ether oxygens (including phenoxy) is 1. The summed E-state index contributed by atoms with van der Waals surface area (Å²) in [6.45, 7) is 3.68. The van der Waals surface area contributed by atoms with Gasteiger partial charge in [-0.3, -0.25) is 14.9 Å². The molecule has 2 rings (SSSR count). The lowest BCUT2D eigenvalue weighted by atomic mass is 9.95. The van der Waals surface area contributed by atoms with Crippen molar-refractivity contribution in [2.24, 2.45) is 5.92 Å². The lowest BCUT2D eigenvalue weighted by Gasteiger charge is -2.30. The number of carbonyl (C=O) groups is 1. The molecule has 1 saturated heterocycles. The van der Waals surface area contributed by atoms with Gasteiger partial charge in [-0.15, -0.1) is 0 Å². The maximum Gasteiger partial charge on any atom is 0.273 e. The third-order valence-electron chi connectivity index (χ3n) is 3.57. The number of hydrogen-bond acceptors (Lipinski definition) is 5. The van der Waals surface area contributed by atoms with Crippen LogP contribution in [0.1, 0.15) is 13.3 Å². The first-order valence-electron chi connectivity index (χ1n) is 6.93. The molecule has 0 bridgehead atoms. The van der Waals surface area contributed by atoms with Crippen molar-refractivity contribution in [3.05, 3.63) is 34.4 Å². The minimum Gasteiger partial charge on any atom is -0.484 e. The number of nitrogens with one attached hydrogen (secondary N) is 2. The monoisotopic (exact) mass is 293 g/mol. The number of non-ortho nitro benzene ring substituents is 1. The summed E-state index contributed by atoms with van der Waals surface area (Å²) in [4.78, 5) is 22.0. The fraction of sp³-hybridized carbons (Fsp3) is 0.500. The van der Waals surface area contributed by atoms with Crippen LogP contribution < -0.4 is 15.4 Å². The molecule has 0 aromatic heterocycles. The van der Waals surface area contributed by atoms with E-state index in [0.717, 1.165) is 19.5 Å². The molecule has 21 heavy (non-hydrogen) atoms. The predicted molar refractivity (Wildman–Crippen MR) is 77.2 cm³/mol. The molecule has 1 fully saturated rings. The van der Waals surface area contributed by atoms with Crippen molar-refractivity contribution in [3.63, 3.8) is 0 Å². The summed E-state index contributed by atoms with van der Waals surface area (Å²) in [5.41, 5.74) is -0.0574. The molecule has 0 aliphatic carbocycles. The molecule has 1 heterocycles. The molecular formula is C14H19N3O4. The molecule has 0 saturated carbocycles. The largest absolute Gasteiger partial charge is 0.484 e. The maximum absolute atomic E-state index is 11.9. The fourth-order valence-corrected chi connectivity index (χ4v) is 2.27. The van der Waals surface area contributed by atoms with Crippen molar-refractivity contribution >= 4 is 11.6 Å². The predicted octanol–water partition coefficient (Wildman–Crippen LogP) is 1.09. The van der Waals surface area contributed by atoms with Crippen LogP contribution in [-0.4, -0.2) is 36.6 Å². The van der Waals surface area contributed by atoms with E-state index in [0.29, 0.717) is 11.7 Å². The number of rotatable bonds is 5. The van der Waals surface area contributed by atoms with Gasteiger partial charge in [-0.05, 0) is 24.9 Å². The van der Waals surface area contributed by atoms with E-state index in [9.17, 15) is 14.9 Å². The minimum absolute atomic E-state index is 0.0574. The second-order valence-electron chi connectivity index (χ2n) is 5.19. The van der Waals surface area contributed by atoms with Gasteiger partial charge in [0, 0.05) is 18.7 Å². The Morgan fingerprint density at radius 3 is 3.10 bits per heavy atom. The number of carbonyl (C=O) groups excluding carboxylic acids is 1. The highest BCUT2D eigenvalue weighted by Crippen LogP contribution is 2.19. The van der Waals surface area contributed by atoms with Gasteiger partial charge in [0.1, 0.15) is 5.75 Å². The van der Waals surface area contributed by atoms with Crippen LogP contribution in [0.25, 0.3) is 0 Å². The highest BCUT2D eigenvalue weighted by molar-refractivity contribution is 5.77. The van der Waals surface area contributed by atoms with Crippen molar-refractivity contribution in [2.75, 3.05) is 19.7 Å². The molecule has 1 aliphatic rings. The SMILES string of the molecule is CC1CCNCC1NC(=O)COc1cccc([N+](=O)[O-])c1. The van der Waals surface area contributed by atoms with Crippen LogP contribution in [0.15, 0.2) is 24.3 Å². The van der Waals surface area contributed by atoms with Crippen LogP contribution in [0.4, 0.5) is 5.69 Å². The number of benzene rings is 1. The molecule has 1 amide bonds. The van der Waals surface area contributed by atoms with Crippen LogP contribution in [0.5, 0.6) is 5.75 Å². The molecule has 7 nitrogen and oxygen atoms in total. The zero-order valence-electron chi connectivity index (χ0n) is 11.9. The van der Waals surface area contributed by atoms with E-state index >= 15 is 0 Å². The number of hydrogen-bond donors (Lipinski definition) is 2. The lowest BCUT2D eigenvalue weighted by Crippen LogP contribution is -2.51. The quantitative estimate of drug-likeness (QED) is 0.626. The molecular weight excluding hydrogens is 274 g/mol. The Hall–Kier alpha value is -2.15. The van der Waals surface area contributed by atoms with E-state index < -0.39 is 4.92 Å². The zero-order valence-corrected chi connectivity index (χ0v) is 11.9. The molecule has 2 atom stereocenters. The number of nitrogens with zero attached hydrogens (tertiary/aromatic N) is 1. The molecule has 0 spiro atoms. The van der Waals surface area contributed by atoms with Gasteiger partial charge in [-0.1, -0.05) is 13.0 Å². The highest BCUT2D eigenvalue weighted by atomic mass is 16.6. The summed E-state index contributed by atoms with van der Waals surface area (Å²) in [6, 6.07) is 5.89. The van der Waals surface area contributed by atoms with Crippen LogP contribution >= 0.6 is 0 Å². The Morgan fingerprint density at radius 1 is 1.57 bits per heavy atom. The van der Waals surface area contributed by atoms with Crippen LogP contribution in [0, 0.1) is 16.0 Å². The van der Waals surface area contributed by atoms with Crippen LogP contribution in [-0.2, 0) is 4.79 Å². The van der Waals surface area contributed by atoms with Crippen molar-refractivity contribution in [1.29, 1.82) is 0 Å². The summed E-state index contributed by atoms with van der Waals surface area (Å²) in [5, 5.41) is 16.8. The van der Waals surface area contributed by atoms with Crippen LogP contribution in [0.2, 0.25) is 0 Å². The highest BCUT2D eigenvalue weighted by Gasteiger charge is 2.22. The third-order valence-corrected chi connectivity index (χ3v) is 3.57. The van der Waals surface area contributed by atoms with Gasteiger partial charge in [-0.25, -0.2) is 0 Å². The molecule has 1 aliphatic heterocycles. The Labute approximate surface area is 122 Å². The summed E-state index contributed by atoms with van der Waals surface area (Å²) >= 11 is 0. The molecule has 2 unspecified atom stereocenters.